The highest BCUT2D eigenvalue weighted by molar-refractivity contribution is 9.10. The van der Waals surface area contributed by atoms with Crippen LogP contribution in [-0.2, 0) is 9.59 Å². The van der Waals surface area contributed by atoms with Gasteiger partial charge in [0.1, 0.15) is 4.60 Å². The molecule has 2 N–H and O–H groups in total. The van der Waals surface area contributed by atoms with Gasteiger partial charge in [-0.15, -0.1) is 0 Å². The summed E-state index contributed by atoms with van der Waals surface area (Å²) in [6, 6.07) is 3.64. The third kappa shape index (κ3) is 4.07. The number of hydrogen-bond acceptors (Lipinski definition) is 4. The number of hydrogen-bond donors (Lipinski definition) is 2. The van der Waals surface area contributed by atoms with Crippen LogP contribution in [0.1, 0.15) is 38.5 Å². The molecular weight excluding hydrogens is 456 g/mol. The van der Waals surface area contributed by atoms with Gasteiger partial charge in [0.2, 0.25) is 11.8 Å². The van der Waals surface area contributed by atoms with Crippen molar-refractivity contribution in [1.29, 1.82) is 0 Å². The van der Waals surface area contributed by atoms with E-state index < -0.39 is 0 Å². The fourth-order valence-electron chi connectivity index (χ4n) is 6.18. The largest absolute Gasteiger partial charge is 0.356 e. The summed E-state index contributed by atoms with van der Waals surface area (Å²) in [6.07, 6.45) is 13.0. The Morgan fingerprint density at radius 1 is 1.06 bits per heavy atom. The van der Waals surface area contributed by atoms with Crippen LogP contribution in [0.2, 0.25) is 0 Å². The highest BCUT2D eigenvalue weighted by atomic mass is 79.9. The first-order chi connectivity index (χ1) is 15.1. The molecule has 2 bridgehead atoms. The Morgan fingerprint density at radius 3 is 2.42 bits per heavy atom. The second-order valence-electron chi connectivity index (χ2n) is 9.63. The zero-order valence-corrected chi connectivity index (χ0v) is 19.4. The highest BCUT2D eigenvalue weighted by Gasteiger charge is 2.69. The fourth-order valence-corrected chi connectivity index (χ4v) is 6.42. The lowest BCUT2D eigenvalue weighted by Crippen LogP contribution is -2.42. The zero-order chi connectivity index (χ0) is 21.4. The zero-order valence-electron chi connectivity index (χ0n) is 17.9. The summed E-state index contributed by atoms with van der Waals surface area (Å²) in [7, 11) is 0. The molecule has 1 spiro atoms. The van der Waals surface area contributed by atoms with Crippen LogP contribution in [0.4, 0.5) is 5.69 Å². The molecule has 0 unspecified atom stereocenters. The Hall–Kier alpha value is -1.73. The van der Waals surface area contributed by atoms with Crippen LogP contribution in [0.25, 0.3) is 0 Å². The molecule has 2 heterocycles. The van der Waals surface area contributed by atoms with E-state index in [9.17, 15) is 9.59 Å². The summed E-state index contributed by atoms with van der Waals surface area (Å²) in [5.74, 6) is -0.197. The molecule has 0 radical (unpaired) electrons. The number of rotatable bonds is 8. The van der Waals surface area contributed by atoms with Crippen LogP contribution < -0.4 is 10.6 Å². The number of unbranched alkanes of at least 4 members (excludes halogenated alkanes) is 1. The Labute approximate surface area is 192 Å². The lowest BCUT2D eigenvalue weighted by molar-refractivity contribution is -0.132. The third-order valence-electron chi connectivity index (χ3n) is 7.84. The summed E-state index contributed by atoms with van der Waals surface area (Å²) >= 11 is 3.32. The SMILES string of the molecule is O=C(NCCCCN1CCCC1)[C@H]1[C@H](C(=O)Nc2ccc(Br)nc2)[C@@H]2C=C[C@H]1C21CC1. The van der Waals surface area contributed by atoms with Gasteiger partial charge in [-0.05, 0) is 103 Å². The van der Waals surface area contributed by atoms with Crippen LogP contribution in [-0.4, -0.2) is 47.9 Å². The van der Waals surface area contributed by atoms with Crippen molar-refractivity contribution in [3.8, 4) is 0 Å². The lowest BCUT2D eigenvalue weighted by Gasteiger charge is -2.26. The van der Waals surface area contributed by atoms with Gasteiger partial charge in [-0.3, -0.25) is 9.59 Å². The first kappa shape index (κ1) is 21.1. The quantitative estimate of drug-likeness (QED) is 0.334. The first-order valence-electron chi connectivity index (χ1n) is 11.7. The molecule has 5 rings (SSSR count). The van der Waals surface area contributed by atoms with E-state index in [1.165, 1.54) is 25.9 Å². The number of allylic oxidation sites excluding steroid dienone is 2. The summed E-state index contributed by atoms with van der Waals surface area (Å²) in [4.78, 5) is 33.2. The number of carbonyl (C=O) groups excluding carboxylic acids is 2. The molecule has 166 valence electrons. The first-order valence-corrected chi connectivity index (χ1v) is 12.5. The van der Waals surface area contributed by atoms with Crippen molar-refractivity contribution in [2.24, 2.45) is 29.1 Å². The molecule has 1 aliphatic heterocycles. The van der Waals surface area contributed by atoms with Crippen molar-refractivity contribution in [3.05, 3.63) is 35.1 Å². The van der Waals surface area contributed by atoms with Gasteiger partial charge in [0.05, 0.1) is 23.7 Å². The number of halogens is 1. The van der Waals surface area contributed by atoms with E-state index in [-0.39, 0.29) is 40.9 Å². The van der Waals surface area contributed by atoms with Gasteiger partial charge in [-0.25, -0.2) is 4.98 Å². The van der Waals surface area contributed by atoms with Crippen LogP contribution in [0.15, 0.2) is 35.1 Å². The van der Waals surface area contributed by atoms with Crippen LogP contribution >= 0.6 is 15.9 Å². The fraction of sp³-hybridized carbons (Fsp3) is 0.625. The molecule has 1 saturated heterocycles. The molecule has 0 aromatic carbocycles. The summed E-state index contributed by atoms with van der Waals surface area (Å²) in [5, 5.41) is 6.18. The van der Waals surface area contributed by atoms with Crippen molar-refractivity contribution in [2.45, 2.75) is 38.5 Å². The molecule has 1 aromatic rings. The van der Waals surface area contributed by atoms with Gasteiger partial charge in [0.15, 0.2) is 0 Å². The number of nitrogens with zero attached hydrogens (tertiary/aromatic N) is 2. The molecule has 3 aliphatic carbocycles. The van der Waals surface area contributed by atoms with Gasteiger partial charge in [-0.2, -0.15) is 0 Å². The number of pyridine rings is 1. The minimum atomic E-state index is -0.300. The van der Waals surface area contributed by atoms with Crippen LogP contribution in [0, 0.1) is 29.1 Å². The smallest absolute Gasteiger partial charge is 0.228 e. The highest BCUT2D eigenvalue weighted by Crippen LogP contribution is 2.72. The normalized spacial score (nSPS) is 30.1. The number of nitrogens with one attached hydrogen (secondary N) is 2. The predicted molar refractivity (Wildman–Crippen MR) is 123 cm³/mol. The van der Waals surface area contributed by atoms with E-state index in [1.807, 2.05) is 12.1 Å². The number of aromatic nitrogens is 1. The van der Waals surface area contributed by atoms with E-state index in [0.29, 0.717) is 12.2 Å². The van der Waals surface area contributed by atoms with E-state index in [4.69, 9.17) is 0 Å². The average molecular weight is 487 g/mol. The Balaban J connectivity index is 1.20. The molecule has 1 aromatic heterocycles. The summed E-state index contributed by atoms with van der Waals surface area (Å²) < 4.78 is 0.729. The molecule has 4 aliphatic rings. The van der Waals surface area contributed by atoms with E-state index in [0.717, 1.165) is 36.8 Å². The lowest BCUT2D eigenvalue weighted by atomic mass is 9.81. The molecule has 2 saturated carbocycles. The maximum absolute atomic E-state index is 13.3. The number of carbonyl (C=O) groups is 2. The van der Waals surface area contributed by atoms with Gasteiger partial charge in [0.25, 0.3) is 0 Å². The summed E-state index contributed by atoms with van der Waals surface area (Å²) in [6.45, 7) is 4.26. The van der Waals surface area contributed by atoms with E-state index in [2.05, 4.69) is 48.6 Å². The maximum atomic E-state index is 13.3. The average Bonchev–Trinajstić information content (AvgIpc) is 3.12. The number of likely N-dealkylation sites (tertiary alicyclic amines) is 1. The number of anilines is 1. The van der Waals surface area contributed by atoms with Gasteiger partial charge < -0.3 is 15.5 Å². The van der Waals surface area contributed by atoms with Crippen molar-refractivity contribution >= 4 is 33.4 Å². The Morgan fingerprint density at radius 2 is 1.77 bits per heavy atom. The van der Waals surface area contributed by atoms with E-state index in [1.54, 1.807) is 6.20 Å². The van der Waals surface area contributed by atoms with E-state index >= 15 is 0 Å². The topological polar surface area (TPSA) is 74.3 Å². The maximum Gasteiger partial charge on any atom is 0.228 e. The van der Waals surface area contributed by atoms with Crippen molar-refractivity contribution in [2.75, 3.05) is 31.5 Å². The molecule has 4 atom stereocenters. The monoisotopic (exact) mass is 486 g/mol. The molecule has 7 heteroatoms. The van der Waals surface area contributed by atoms with Crippen molar-refractivity contribution < 1.29 is 9.59 Å². The Bertz CT molecular complexity index is 861. The van der Waals surface area contributed by atoms with Crippen LogP contribution in [0.3, 0.4) is 0 Å². The number of amides is 2. The second-order valence-corrected chi connectivity index (χ2v) is 10.4. The van der Waals surface area contributed by atoms with Gasteiger partial charge in [0, 0.05) is 6.54 Å². The standard InChI is InChI=1S/C24H31BrN4O2/c25-19-8-5-16(15-27-19)28-23(31)21-18-7-6-17(24(18)9-10-24)20(21)22(30)26-11-1-2-12-29-13-3-4-14-29/h5-8,15,17-18,20-21H,1-4,9-14H2,(H,26,30)(H,28,31)/t17-,18+,20-,21-/m1/s1. The third-order valence-corrected chi connectivity index (χ3v) is 8.31. The molecule has 6 nitrogen and oxygen atoms in total. The van der Waals surface area contributed by atoms with Gasteiger partial charge in [-0.1, -0.05) is 12.2 Å². The second kappa shape index (κ2) is 8.66. The molecule has 3 fully saturated rings. The molecular formula is C24H31BrN4O2. The van der Waals surface area contributed by atoms with Crippen LogP contribution in [0.5, 0.6) is 0 Å². The summed E-state index contributed by atoms with van der Waals surface area (Å²) in [5.41, 5.74) is 0.823. The predicted octanol–water partition coefficient (Wildman–Crippen LogP) is 3.60. The van der Waals surface area contributed by atoms with Crippen molar-refractivity contribution in [1.82, 2.24) is 15.2 Å². The van der Waals surface area contributed by atoms with Crippen molar-refractivity contribution in [3.63, 3.8) is 0 Å². The Kier molecular flexibility index (Phi) is 5.90. The molecule has 31 heavy (non-hydrogen) atoms. The minimum Gasteiger partial charge on any atom is -0.356 e. The minimum absolute atomic E-state index is 0.0541. The van der Waals surface area contributed by atoms with Gasteiger partial charge >= 0.3 is 0 Å². The molecule has 2 amide bonds.